The number of hydrogen-bond donors (Lipinski definition) is 1. The van der Waals surface area contributed by atoms with E-state index in [9.17, 15) is 0 Å². The Labute approximate surface area is 106 Å². The van der Waals surface area contributed by atoms with E-state index in [1.54, 1.807) is 6.07 Å². The Morgan fingerprint density at radius 3 is 2.73 bits per heavy atom. The molecule has 1 nitrogen and oxygen atoms in total. The van der Waals surface area contributed by atoms with Crippen LogP contribution in [0, 0.1) is 0 Å². The van der Waals surface area contributed by atoms with Gasteiger partial charge in [0.25, 0.3) is 0 Å². The second kappa shape index (κ2) is 6.59. The summed E-state index contributed by atoms with van der Waals surface area (Å²) in [5, 5.41) is 4.57. The molecule has 1 rings (SSSR count). The highest BCUT2D eigenvalue weighted by Gasteiger charge is 2.05. The highest BCUT2D eigenvalue weighted by molar-refractivity contribution is 6.42. The molecule has 0 radical (unpaired) electrons. The molecular formula is C11H14Cl3N. The van der Waals surface area contributed by atoms with Crippen LogP contribution in [0.2, 0.25) is 10.0 Å². The van der Waals surface area contributed by atoms with Gasteiger partial charge >= 0.3 is 0 Å². The first-order chi connectivity index (χ1) is 7.15. The molecule has 0 bridgehead atoms. The summed E-state index contributed by atoms with van der Waals surface area (Å²) in [7, 11) is 0. The average Bonchev–Trinajstić information content (AvgIpc) is 2.21. The Morgan fingerprint density at radius 1 is 1.33 bits per heavy atom. The summed E-state index contributed by atoms with van der Waals surface area (Å²) < 4.78 is 0. The van der Waals surface area contributed by atoms with E-state index in [-0.39, 0.29) is 0 Å². The van der Waals surface area contributed by atoms with Gasteiger partial charge in [0.05, 0.1) is 10.0 Å². The monoisotopic (exact) mass is 265 g/mol. The van der Waals surface area contributed by atoms with E-state index < -0.39 is 0 Å². The molecule has 0 fully saturated rings. The first-order valence-electron chi connectivity index (χ1n) is 4.87. The molecule has 15 heavy (non-hydrogen) atoms. The molecule has 0 aliphatic heterocycles. The van der Waals surface area contributed by atoms with Crippen molar-refractivity contribution >= 4 is 34.8 Å². The first-order valence-corrected chi connectivity index (χ1v) is 6.16. The van der Waals surface area contributed by atoms with Gasteiger partial charge in [0, 0.05) is 18.5 Å². The van der Waals surface area contributed by atoms with Crippen molar-refractivity contribution < 1.29 is 0 Å². The van der Waals surface area contributed by atoms with Gasteiger partial charge in [-0.15, -0.1) is 11.6 Å². The topological polar surface area (TPSA) is 12.0 Å². The lowest BCUT2D eigenvalue weighted by Crippen LogP contribution is -2.25. The summed E-state index contributed by atoms with van der Waals surface area (Å²) in [5.74, 6) is 0.664. The maximum Gasteiger partial charge on any atom is 0.0637 e. The van der Waals surface area contributed by atoms with E-state index >= 15 is 0 Å². The predicted molar refractivity (Wildman–Crippen MR) is 68.1 cm³/mol. The highest BCUT2D eigenvalue weighted by Crippen LogP contribution is 2.25. The molecule has 1 N–H and O–H groups in total. The van der Waals surface area contributed by atoms with Gasteiger partial charge in [0.15, 0.2) is 0 Å². The Balaban J connectivity index is 2.54. The van der Waals surface area contributed by atoms with Crippen molar-refractivity contribution in [3.63, 3.8) is 0 Å². The van der Waals surface area contributed by atoms with Crippen molar-refractivity contribution in [3.05, 3.63) is 33.8 Å². The predicted octanol–water partition coefficient (Wildman–Crippen LogP) is 4.10. The lowest BCUT2D eigenvalue weighted by molar-refractivity contribution is 0.536. The molecule has 1 aromatic rings. The van der Waals surface area contributed by atoms with Crippen LogP contribution in [0.1, 0.15) is 18.9 Å². The van der Waals surface area contributed by atoms with Crippen LogP contribution in [0.5, 0.6) is 0 Å². The van der Waals surface area contributed by atoms with Crippen LogP contribution in [0.3, 0.4) is 0 Å². The number of benzene rings is 1. The van der Waals surface area contributed by atoms with Gasteiger partial charge in [0.2, 0.25) is 0 Å². The van der Waals surface area contributed by atoms with Gasteiger partial charge in [0.1, 0.15) is 0 Å². The van der Waals surface area contributed by atoms with E-state index in [2.05, 4.69) is 12.2 Å². The summed E-state index contributed by atoms with van der Waals surface area (Å²) in [5.41, 5.74) is 1.02. The normalized spacial score (nSPS) is 12.8. The van der Waals surface area contributed by atoms with Gasteiger partial charge in [-0.2, -0.15) is 0 Å². The van der Waals surface area contributed by atoms with E-state index in [4.69, 9.17) is 34.8 Å². The molecule has 0 aliphatic rings. The van der Waals surface area contributed by atoms with Gasteiger partial charge < -0.3 is 5.32 Å². The molecule has 4 heteroatoms. The standard InChI is InChI=1S/C11H14Cl3N/c1-8(5-6-12)15-7-9-3-2-4-10(13)11(9)14/h2-4,8,15H,5-7H2,1H3. The molecule has 0 aromatic heterocycles. The average molecular weight is 267 g/mol. The minimum atomic E-state index is 0.387. The van der Waals surface area contributed by atoms with Gasteiger partial charge in [-0.05, 0) is 25.0 Å². The largest absolute Gasteiger partial charge is 0.310 e. The van der Waals surface area contributed by atoms with E-state index in [1.807, 2.05) is 12.1 Å². The number of hydrogen-bond acceptors (Lipinski definition) is 1. The van der Waals surface area contributed by atoms with Crippen LogP contribution >= 0.6 is 34.8 Å². The van der Waals surface area contributed by atoms with E-state index in [0.717, 1.165) is 18.5 Å². The van der Waals surface area contributed by atoms with Crippen LogP contribution in [0.15, 0.2) is 18.2 Å². The summed E-state index contributed by atoms with van der Waals surface area (Å²) in [6.45, 7) is 2.82. The van der Waals surface area contributed by atoms with Crippen molar-refractivity contribution in [2.75, 3.05) is 5.88 Å². The Morgan fingerprint density at radius 2 is 2.07 bits per heavy atom. The van der Waals surface area contributed by atoms with Crippen molar-refractivity contribution in [1.82, 2.24) is 5.32 Å². The number of halogens is 3. The fourth-order valence-electron chi connectivity index (χ4n) is 1.23. The quantitative estimate of drug-likeness (QED) is 0.791. The number of rotatable bonds is 5. The molecule has 84 valence electrons. The van der Waals surface area contributed by atoms with E-state index in [0.29, 0.717) is 22.0 Å². The Bertz CT molecular complexity index is 315. The second-order valence-corrected chi connectivity index (χ2v) is 4.64. The summed E-state index contributed by atoms with van der Waals surface area (Å²) in [6.07, 6.45) is 0.944. The second-order valence-electron chi connectivity index (χ2n) is 3.47. The lowest BCUT2D eigenvalue weighted by Gasteiger charge is -2.13. The molecule has 1 unspecified atom stereocenters. The van der Waals surface area contributed by atoms with Gasteiger partial charge in [-0.25, -0.2) is 0 Å². The zero-order valence-corrected chi connectivity index (χ0v) is 10.8. The molecule has 0 spiro atoms. The van der Waals surface area contributed by atoms with Crippen molar-refractivity contribution in [2.24, 2.45) is 0 Å². The minimum absolute atomic E-state index is 0.387. The molecular weight excluding hydrogens is 252 g/mol. The molecule has 0 heterocycles. The third-order valence-corrected chi connectivity index (χ3v) is 3.29. The van der Waals surface area contributed by atoms with E-state index in [1.165, 1.54) is 0 Å². The lowest BCUT2D eigenvalue weighted by atomic mass is 10.2. The third-order valence-electron chi connectivity index (χ3n) is 2.21. The summed E-state index contributed by atoms with van der Waals surface area (Å²) >= 11 is 17.6. The molecule has 1 atom stereocenters. The SMILES string of the molecule is CC(CCCl)NCc1cccc(Cl)c1Cl. The molecule has 0 saturated heterocycles. The Hall–Kier alpha value is 0.0500. The number of alkyl halides is 1. The summed E-state index contributed by atoms with van der Waals surface area (Å²) in [6, 6.07) is 6.04. The van der Waals surface area contributed by atoms with Crippen LogP contribution in [0.4, 0.5) is 0 Å². The molecule has 0 aliphatic carbocycles. The first kappa shape index (κ1) is 13.1. The summed E-state index contributed by atoms with van der Waals surface area (Å²) in [4.78, 5) is 0. The van der Waals surface area contributed by atoms with Crippen molar-refractivity contribution in [3.8, 4) is 0 Å². The minimum Gasteiger partial charge on any atom is -0.310 e. The van der Waals surface area contributed by atoms with Crippen LogP contribution < -0.4 is 5.32 Å². The van der Waals surface area contributed by atoms with Crippen LogP contribution in [-0.2, 0) is 6.54 Å². The smallest absolute Gasteiger partial charge is 0.0637 e. The maximum atomic E-state index is 6.06. The fourth-order valence-corrected chi connectivity index (χ4v) is 1.95. The molecule has 1 aromatic carbocycles. The third kappa shape index (κ3) is 4.20. The highest BCUT2D eigenvalue weighted by atomic mass is 35.5. The van der Waals surface area contributed by atoms with Crippen molar-refractivity contribution in [2.45, 2.75) is 25.9 Å². The van der Waals surface area contributed by atoms with Crippen molar-refractivity contribution in [1.29, 1.82) is 0 Å². The van der Waals surface area contributed by atoms with Crippen LogP contribution in [-0.4, -0.2) is 11.9 Å². The fraction of sp³-hybridized carbons (Fsp3) is 0.455. The zero-order valence-electron chi connectivity index (χ0n) is 8.56. The molecule has 0 saturated carbocycles. The van der Waals surface area contributed by atoms with Gasteiger partial charge in [-0.1, -0.05) is 35.3 Å². The van der Waals surface area contributed by atoms with Crippen LogP contribution in [0.25, 0.3) is 0 Å². The zero-order chi connectivity index (χ0) is 11.3. The maximum absolute atomic E-state index is 6.06. The molecule has 0 amide bonds. The van der Waals surface area contributed by atoms with Gasteiger partial charge in [-0.3, -0.25) is 0 Å². The number of nitrogens with one attached hydrogen (secondary N) is 1. The Kier molecular flexibility index (Phi) is 5.77.